The van der Waals surface area contributed by atoms with E-state index in [9.17, 15) is 4.39 Å². The average Bonchev–Trinajstić information content (AvgIpc) is 3.03. The first-order valence-corrected chi connectivity index (χ1v) is 8.31. The van der Waals surface area contributed by atoms with Gasteiger partial charge in [0.1, 0.15) is 16.9 Å². The van der Waals surface area contributed by atoms with Gasteiger partial charge in [-0.05, 0) is 84.9 Å². The summed E-state index contributed by atoms with van der Waals surface area (Å²) in [5.74, 6) is -0.140. The first-order chi connectivity index (χ1) is 11.6. The molecule has 3 rings (SSSR count). The molecule has 1 N–H and O–H groups in total. The predicted molar refractivity (Wildman–Crippen MR) is 92.4 cm³/mol. The SMILES string of the molecule is Cc1cc(CC(C)NCCCc2ccc3nonc3c2)ccc1F. The van der Waals surface area contributed by atoms with Crippen molar-refractivity contribution in [3.63, 3.8) is 0 Å². The van der Waals surface area contributed by atoms with Crippen molar-refractivity contribution >= 4 is 11.0 Å². The van der Waals surface area contributed by atoms with Crippen LogP contribution in [0.1, 0.15) is 30.0 Å². The van der Waals surface area contributed by atoms with Crippen LogP contribution >= 0.6 is 0 Å². The number of hydrogen-bond acceptors (Lipinski definition) is 4. The molecular formula is C19H22FN3O. The molecule has 0 aliphatic carbocycles. The second-order valence-corrected chi connectivity index (χ2v) is 6.33. The van der Waals surface area contributed by atoms with Gasteiger partial charge < -0.3 is 5.32 Å². The number of fused-ring (bicyclic) bond motifs is 1. The zero-order valence-electron chi connectivity index (χ0n) is 14.1. The Bertz CT molecular complexity index is 815. The highest BCUT2D eigenvalue weighted by atomic mass is 19.1. The zero-order valence-corrected chi connectivity index (χ0v) is 14.1. The average molecular weight is 327 g/mol. The molecule has 3 aromatic rings. The zero-order chi connectivity index (χ0) is 16.9. The number of rotatable bonds is 7. The minimum Gasteiger partial charge on any atom is -0.314 e. The molecule has 1 unspecified atom stereocenters. The molecule has 1 atom stereocenters. The molecule has 0 radical (unpaired) electrons. The minimum atomic E-state index is -0.140. The Labute approximate surface area is 141 Å². The number of nitrogens with zero attached hydrogens (tertiary/aromatic N) is 2. The molecule has 0 aliphatic rings. The van der Waals surface area contributed by atoms with E-state index >= 15 is 0 Å². The number of aromatic nitrogens is 2. The van der Waals surface area contributed by atoms with Gasteiger partial charge in [-0.25, -0.2) is 9.02 Å². The molecule has 0 bridgehead atoms. The Kier molecular flexibility index (Phi) is 5.20. The molecule has 0 fully saturated rings. The molecule has 24 heavy (non-hydrogen) atoms. The van der Waals surface area contributed by atoms with Crippen molar-refractivity contribution in [1.82, 2.24) is 15.6 Å². The lowest BCUT2D eigenvalue weighted by Crippen LogP contribution is -2.29. The number of benzene rings is 2. The molecule has 2 aromatic carbocycles. The summed E-state index contributed by atoms with van der Waals surface area (Å²) in [6.45, 7) is 4.90. The van der Waals surface area contributed by atoms with Crippen molar-refractivity contribution in [2.45, 2.75) is 39.2 Å². The molecule has 1 heterocycles. The van der Waals surface area contributed by atoms with Gasteiger partial charge >= 0.3 is 0 Å². The quantitative estimate of drug-likeness (QED) is 0.670. The Morgan fingerprint density at radius 1 is 1.08 bits per heavy atom. The van der Waals surface area contributed by atoms with Gasteiger partial charge in [-0.2, -0.15) is 0 Å². The highest BCUT2D eigenvalue weighted by Crippen LogP contribution is 2.13. The van der Waals surface area contributed by atoms with Gasteiger partial charge in [0.25, 0.3) is 0 Å². The number of hydrogen-bond donors (Lipinski definition) is 1. The van der Waals surface area contributed by atoms with Crippen molar-refractivity contribution in [2.24, 2.45) is 0 Å². The van der Waals surface area contributed by atoms with Crippen molar-refractivity contribution in [3.8, 4) is 0 Å². The standard InChI is InChI=1S/C19H22FN3O/c1-13-10-16(5-7-17(13)20)11-14(2)21-9-3-4-15-6-8-18-19(12-15)23-24-22-18/h5-8,10,12,14,21H,3-4,9,11H2,1-2H3. The van der Waals surface area contributed by atoms with Gasteiger partial charge in [0, 0.05) is 6.04 Å². The molecular weight excluding hydrogens is 305 g/mol. The summed E-state index contributed by atoms with van der Waals surface area (Å²) >= 11 is 0. The maximum absolute atomic E-state index is 13.3. The Hall–Kier alpha value is -2.27. The molecule has 0 aliphatic heterocycles. The van der Waals surface area contributed by atoms with Gasteiger partial charge in [-0.15, -0.1) is 0 Å². The first kappa shape index (κ1) is 16.6. The molecule has 4 nitrogen and oxygen atoms in total. The largest absolute Gasteiger partial charge is 0.314 e. The fourth-order valence-corrected chi connectivity index (χ4v) is 2.88. The predicted octanol–water partition coefficient (Wildman–Crippen LogP) is 3.82. The van der Waals surface area contributed by atoms with Crippen LogP contribution in [0.25, 0.3) is 11.0 Å². The van der Waals surface area contributed by atoms with E-state index in [1.54, 1.807) is 13.0 Å². The van der Waals surface area contributed by atoms with Crippen molar-refractivity contribution in [2.75, 3.05) is 6.54 Å². The molecule has 126 valence electrons. The number of halogens is 1. The van der Waals surface area contributed by atoms with E-state index in [-0.39, 0.29) is 5.82 Å². The fraction of sp³-hybridized carbons (Fsp3) is 0.368. The lowest BCUT2D eigenvalue weighted by atomic mass is 10.0. The Balaban J connectivity index is 1.43. The summed E-state index contributed by atoms with van der Waals surface area (Å²) in [6.07, 6.45) is 2.93. The summed E-state index contributed by atoms with van der Waals surface area (Å²) in [5.41, 5.74) is 4.71. The smallest absolute Gasteiger partial charge is 0.135 e. The van der Waals surface area contributed by atoms with E-state index in [0.717, 1.165) is 42.4 Å². The van der Waals surface area contributed by atoms with Crippen LogP contribution in [-0.2, 0) is 12.8 Å². The van der Waals surface area contributed by atoms with Gasteiger partial charge in [0.15, 0.2) is 0 Å². The Morgan fingerprint density at radius 3 is 2.71 bits per heavy atom. The van der Waals surface area contributed by atoms with Crippen LogP contribution in [0.15, 0.2) is 41.0 Å². The van der Waals surface area contributed by atoms with Crippen molar-refractivity contribution in [1.29, 1.82) is 0 Å². The highest BCUT2D eigenvalue weighted by molar-refractivity contribution is 5.73. The van der Waals surface area contributed by atoms with E-state index in [1.165, 1.54) is 5.56 Å². The highest BCUT2D eigenvalue weighted by Gasteiger charge is 2.06. The Morgan fingerprint density at radius 2 is 1.88 bits per heavy atom. The monoisotopic (exact) mass is 327 g/mol. The van der Waals surface area contributed by atoms with Crippen molar-refractivity contribution in [3.05, 3.63) is 58.9 Å². The maximum atomic E-state index is 13.3. The van der Waals surface area contributed by atoms with E-state index in [0.29, 0.717) is 11.6 Å². The summed E-state index contributed by atoms with van der Waals surface area (Å²) < 4.78 is 18.0. The van der Waals surface area contributed by atoms with Crippen LogP contribution in [0.4, 0.5) is 4.39 Å². The molecule has 0 saturated carbocycles. The third-order valence-electron chi connectivity index (χ3n) is 4.22. The van der Waals surface area contributed by atoms with Gasteiger partial charge in [0.05, 0.1) is 0 Å². The van der Waals surface area contributed by atoms with Gasteiger partial charge in [0.2, 0.25) is 0 Å². The molecule has 0 amide bonds. The van der Waals surface area contributed by atoms with Crippen LogP contribution in [-0.4, -0.2) is 22.9 Å². The number of nitrogens with one attached hydrogen (secondary N) is 1. The lowest BCUT2D eigenvalue weighted by Gasteiger charge is -2.14. The van der Waals surface area contributed by atoms with E-state index in [4.69, 9.17) is 4.63 Å². The van der Waals surface area contributed by atoms with Crippen LogP contribution in [0.2, 0.25) is 0 Å². The van der Waals surface area contributed by atoms with Crippen LogP contribution < -0.4 is 5.32 Å². The normalized spacial score (nSPS) is 12.6. The van der Waals surface area contributed by atoms with Crippen LogP contribution in [0, 0.1) is 12.7 Å². The molecule has 0 saturated heterocycles. The van der Waals surface area contributed by atoms with Crippen LogP contribution in [0.3, 0.4) is 0 Å². The molecule has 1 aromatic heterocycles. The summed E-state index contributed by atoms with van der Waals surface area (Å²) in [4.78, 5) is 0. The van der Waals surface area contributed by atoms with Gasteiger partial charge in [-0.1, -0.05) is 18.2 Å². The lowest BCUT2D eigenvalue weighted by molar-refractivity contribution is 0.315. The fourth-order valence-electron chi connectivity index (χ4n) is 2.88. The van der Waals surface area contributed by atoms with Gasteiger partial charge in [-0.3, -0.25) is 0 Å². The third kappa shape index (κ3) is 4.17. The molecule has 0 spiro atoms. The van der Waals surface area contributed by atoms with E-state index in [1.807, 2.05) is 24.3 Å². The summed E-state index contributed by atoms with van der Waals surface area (Å²) in [6, 6.07) is 11.7. The van der Waals surface area contributed by atoms with E-state index < -0.39 is 0 Å². The second kappa shape index (κ2) is 7.53. The van der Waals surface area contributed by atoms with E-state index in [2.05, 4.69) is 28.6 Å². The van der Waals surface area contributed by atoms with Crippen molar-refractivity contribution < 1.29 is 9.02 Å². The number of aryl methyl sites for hydroxylation is 2. The third-order valence-corrected chi connectivity index (χ3v) is 4.22. The summed E-state index contributed by atoms with van der Waals surface area (Å²) in [7, 11) is 0. The topological polar surface area (TPSA) is 51.0 Å². The summed E-state index contributed by atoms with van der Waals surface area (Å²) in [5, 5.41) is 11.2. The second-order valence-electron chi connectivity index (χ2n) is 6.33. The minimum absolute atomic E-state index is 0.140. The van der Waals surface area contributed by atoms with Crippen LogP contribution in [0.5, 0.6) is 0 Å². The maximum Gasteiger partial charge on any atom is 0.135 e. The first-order valence-electron chi connectivity index (χ1n) is 8.31. The molecule has 5 heteroatoms.